The standard InChI is InChI=1S/C53H61Cl4N3O8S/c54-16-4-1-2-6-22-64-24-26-66-28-29-67-27-25-65-23-17-58-41(61)32-69-52-46(56)43(44(53(62)63)45(55)47(52)57)42-37-15-14-35-36-12-8-20-60-19-7-11-34(48(36)60)30-39(35)50(37)68-51-38-13-9-21-59-18-5-3-10-33(49(38)59)31-40(42)51/h14-15,30-31H,1-13,16-29,32H2,(H-,58,61,62,63)/p+1. The molecule has 0 radical (unpaired) electrons. The Labute approximate surface area is 428 Å². The van der Waals surface area contributed by atoms with Gasteiger partial charge < -0.3 is 39.0 Å². The van der Waals surface area contributed by atoms with Crippen molar-refractivity contribution in [3.05, 3.63) is 88.9 Å². The lowest BCUT2D eigenvalue weighted by molar-refractivity contribution is -0.118. The monoisotopic (exact) mass is 1040 g/mol. The van der Waals surface area contributed by atoms with E-state index in [-0.39, 0.29) is 44.4 Å². The van der Waals surface area contributed by atoms with Gasteiger partial charge in [0.25, 0.3) is 0 Å². The summed E-state index contributed by atoms with van der Waals surface area (Å²) >= 11 is 28.4. The van der Waals surface area contributed by atoms with E-state index in [0.717, 1.165) is 161 Å². The number of amides is 1. The van der Waals surface area contributed by atoms with Gasteiger partial charge in [0, 0.05) is 88.4 Å². The maximum atomic E-state index is 13.5. The van der Waals surface area contributed by atoms with Crippen molar-refractivity contribution in [2.24, 2.45) is 0 Å². The summed E-state index contributed by atoms with van der Waals surface area (Å²) < 4.78 is 32.3. The quantitative estimate of drug-likeness (QED) is 0.0216. The second kappa shape index (κ2) is 23.9. The van der Waals surface area contributed by atoms with Gasteiger partial charge in [0.2, 0.25) is 11.3 Å². The predicted octanol–water partition coefficient (Wildman–Crippen LogP) is 9.40. The molecule has 4 aromatic carbocycles. The molecule has 0 aliphatic carbocycles. The van der Waals surface area contributed by atoms with Gasteiger partial charge in [0.15, 0.2) is 0 Å². The topological polar surface area (TPSA) is 119 Å². The summed E-state index contributed by atoms with van der Waals surface area (Å²) in [5.74, 6) is 0.599. The molecule has 0 fully saturated rings. The number of carbonyl (C=O) groups excluding carboxylic acids is 1. The van der Waals surface area contributed by atoms with Gasteiger partial charge in [-0.15, -0.1) is 23.4 Å². The van der Waals surface area contributed by atoms with E-state index >= 15 is 0 Å². The fourth-order valence-electron chi connectivity index (χ4n) is 10.8. The Morgan fingerprint density at radius 2 is 1.42 bits per heavy atom. The molecule has 2 N–H and O–H groups in total. The summed E-state index contributed by atoms with van der Waals surface area (Å²) in [6.45, 7) is 8.21. The first-order chi connectivity index (χ1) is 33.8. The van der Waals surface area contributed by atoms with Crippen LogP contribution in [0, 0.1) is 0 Å². The van der Waals surface area contributed by atoms with Crippen LogP contribution >= 0.6 is 58.2 Å². The van der Waals surface area contributed by atoms with Crippen molar-refractivity contribution in [1.82, 2.24) is 9.89 Å². The first-order valence-electron chi connectivity index (χ1n) is 24.8. The number of halogens is 4. The number of fused-ring (bicyclic) bond motifs is 6. The molecule has 0 saturated heterocycles. The minimum Gasteiger partial charge on any atom is -0.478 e. The van der Waals surface area contributed by atoms with Crippen LogP contribution in [0.3, 0.4) is 0 Å². The van der Waals surface area contributed by atoms with Crippen molar-refractivity contribution >= 4 is 92.1 Å². The number of hydrogen-bond acceptors (Lipinski definition) is 9. The highest BCUT2D eigenvalue weighted by molar-refractivity contribution is 8.00. The zero-order valence-electron chi connectivity index (χ0n) is 39.2. The summed E-state index contributed by atoms with van der Waals surface area (Å²) in [5, 5.41) is 18.1. The molecule has 16 heteroatoms. The summed E-state index contributed by atoms with van der Waals surface area (Å²) in [6.07, 6.45) is 13.4. The number of benzene rings is 4. The molecule has 0 aromatic heterocycles. The van der Waals surface area contributed by atoms with Gasteiger partial charge in [0.05, 0.1) is 78.2 Å². The van der Waals surface area contributed by atoms with E-state index in [0.29, 0.717) is 68.3 Å². The Bertz CT molecular complexity index is 2720. The van der Waals surface area contributed by atoms with Crippen molar-refractivity contribution in [3.63, 3.8) is 0 Å². The average molecular weight is 1040 g/mol. The molecule has 5 aliphatic rings. The van der Waals surface area contributed by atoms with Crippen molar-refractivity contribution < 1.29 is 38.4 Å². The third-order valence-corrected chi connectivity index (χ3v) is 16.7. The number of anilines is 1. The highest BCUT2D eigenvalue weighted by Crippen LogP contribution is 2.52. The third kappa shape index (κ3) is 11.1. The zero-order chi connectivity index (χ0) is 47.9. The average Bonchev–Trinajstić information content (AvgIpc) is 3.57. The fourth-order valence-corrected chi connectivity index (χ4v) is 13.0. The number of hydrogen-bond donors (Lipinski definition) is 2. The number of alkyl halides is 1. The van der Waals surface area contributed by atoms with Crippen LogP contribution in [-0.4, -0.2) is 114 Å². The number of rotatable bonds is 23. The van der Waals surface area contributed by atoms with Gasteiger partial charge >= 0.3 is 5.97 Å². The highest BCUT2D eigenvalue weighted by atomic mass is 35.5. The number of nitrogens with one attached hydrogen (secondary N) is 1. The summed E-state index contributed by atoms with van der Waals surface area (Å²) in [6, 6.07) is 8.77. The summed E-state index contributed by atoms with van der Waals surface area (Å²) in [5.41, 5.74) is 7.90. The van der Waals surface area contributed by atoms with Gasteiger partial charge in [-0.1, -0.05) is 53.7 Å². The number of carboxylic acids is 1. The largest absolute Gasteiger partial charge is 0.478 e. The predicted molar refractivity (Wildman–Crippen MR) is 277 cm³/mol. The zero-order valence-corrected chi connectivity index (χ0v) is 43.1. The lowest BCUT2D eigenvalue weighted by atomic mass is 9.83. The molecule has 0 saturated carbocycles. The van der Waals surface area contributed by atoms with Crippen LogP contribution in [0.1, 0.15) is 102 Å². The van der Waals surface area contributed by atoms with Gasteiger partial charge in [0.1, 0.15) is 24.6 Å². The molecule has 5 aliphatic heterocycles. The molecule has 69 heavy (non-hydrogen) atoms. The number of aryl methyl sites for hydroxylation is 3. The van der Waals surface area contributed by atoms with Gasteiger partial charge in [-0.3, -0.25) is 4.79 Å². The molecule has 9 rings (SSSR count). The molecule has 370 valence electrons. The van der Waals surface area contributed by atoms with E-state index in [9.17, 15) is 14.7 Å². The lowest BCUT2D eigenvalue weighted by Gasteiger charge is -2.38. The first-order valence-corrected chi connectivity index (χ1v) is 27.5. The number of ether oxygens (including phenoxy) is 5. The summed E-state index contributed by atoms with van der Waals surface area (Å²) in [7, 11) is 0. The van der Waals surface area contributed by atoms with Crippen LogP contribution in [0.4, 0.5) is 5.69 Å². The van der Waals surface area contributed by atoms with Gasteiger partial charge in [-0.25, -0.2) is 9.37 Å². The molecule has 5 heterocycles. The maximum absolute atomic E-state index is 13.5. The Morgan fingerprint density at radius 3 is 2.19 bits per heavy atom. The Morgan fingerprint density at radius 1 is 0.725 bits per heavy atom. The van der Waals surface area contributed by atoms with Crippen LogP contribution in [0.5, 0.6) is 11.5 Å². The van der Waals surface area contributed by atoms with Gasteiger partial charge in [-0.2, -0.15) is 0 Å². The molecule has 1 amide bonds. The Hall–Kier alpha value is -3.30. The fraction of sp³-hybridized carbons (Fsp3) is 0.528. The summed E-state index contributed by atoms with van der Waals surface area (Å²) in [4.78, 5) is 29.7. The van der Waals surface area contributed by atoms with Gasteiger partial charge in [-0.05, 0) is 92.5 Å². The van der Waals surface area contributed by atoms with Crippen molar-refractivity contribution in [3.8, 4) is 11.5 Å². The van der Waals surface area contributed by atoms with Crippen molar-refractivity contribution in [1.29, 1.82) is 0 Å². The molecule has 0 unspecified atom stereocenters. The van der Waals surface area contributed by atoms with E-state index in [1.807, 2.05) is 0 Å². The number of thioether (sulfide) groups is 1. The molecule has 0 bridgehead atoms. The normalized spacial score (nSPS) is 15.9. The third-order valence-electron chi connectivity index (χ3n) is 13.9. The molecule has 4 aromatic rings. The number of carboxylic acid groups (broad SMARTS) is 1. The van der Waals surface area contributed by atoms with E-state index in [1.165, 1.54) is 27.7 Å². The smallest absolute Gasteiger partial charge is 0.337 e. The molecular weight excluding hydrogens is 980 g/mol. The van der Waals surface area contributed by atoms with Crippen molar-refractivity contribution in [2.45, 2.75) is 88.4 Å². The molecule has 11 nitrogen and oxygen atoms in total. The lowest BCUT2D eigenvalue weighted by Crippen LogP contribution is -2.41. The minimum absolute atomic E-state index is 0.0123. The second-order valence-electron chi connectivity index (χ2n) is 18.4. The number of unbranched alkanes of at least 4 members (excludes halogenated alkanes) is 3. The SMILES string of the molecule is O=C(CSc1c(Cl)c(Cl)c(C(=O)O)c(C2=c3cc4c5c(c3Oc3c2ccc2c6c7c(cc32)CCCN7CCC6)CCC[N+]=5CCCC4)c1Cl)NCCOCCOCCOCCOCCCCCCCl. The van der Waals surface area contributed by atoms with E-state index in [2.05, 4.69) is 39.1 Å². The molecule has 0 spiro atoms. The number of carbonyl (C=O) groups is 2. The van der Waals surface area contributed by atoms with Crippen molar-refractivity contribution in [2.75, 3.05) is 102 Å². The first kappa shape index (κ1) is 50.6. The number of aromatic carboxylic acids is 1. The van der Waals surface area contributed by atoms with E-state index in [4.69, 9.17) is 70.1 Å². The van der Waals surface area contributed by atoms with Crippen LogP contribution in [0.25, 0.3) is 16.3 Å². The minimum atomic E-state index is -1.25. The van der Waals surface area contributed by atoms with Crippen LogP contribution in [0.15, 0.2) is 29.2 Å². The van der Waals surface area contributed by atoms with Crippen LogP contribution < -0.4 is 30.1 Å². The molecule has 0 atom stereocenters. The van der Waals surface area contributed by atoms with Crippen LogP contribution in [0.2, 0.25) is 15.1 Å². The second-order valence-corrected chi connectivity index (χ2v) is 20.9. The van der Waals surface area contributed by atoms with E-state index in [1.54, 1.807) is 0 Å². The Balaban J connectivity index is 0.939. The number of nitrogens with zero attached hydrogens (tertiary/aromatic N) is 2. The highest BCUT2D eigenvalue weighted by Gasteiger charge is 2.37. The molecular formula is C53H62Cl4N3O8S+. The maximum Gasteiger partial charge on any atom is 0.337 e. The van der Waals surface area contributed by atoms with E-state index < -0.39 is 5.97 Å². The Kier molecular flexibility index (Phi) is 17.6. The van der Waals surface area contributed by atoms with Crippen LogP contribution in [-0.2, 0) is 49.4 Å².